The molecule has 17 heavy (non-hydrogen) atoms. The van der Waals surface area contributed by atoms with Gasteiger partial charge in [0.15, 0.2) is 0 Å². The minimum absolute atomic E-state index is 0.843. The Hall–Kier alpha value is -1.58. The van der Waals surface area contributed by atoms with Gasteiger partial charge < -0.3 is 5.73 Å². The Kier molecular flexibility index (Phi) is 1.79. The highest BCUT2D eigenvalue weighted by atomic mass is 32.2. The molecule has 0 spiro atoms. The van der Waals surface area contributed by atoms with E-state index >= 15 is 0 Å². The zero-order chi connectivity index (χ0) is 11.4. The van der Waals surface area contributed by atoms with Gasteiger partial charge in [-0.3, -0.25) is 0 Å². The average Bonchev–Trinajstić information content (AvgIpc) is 2.83. The summed E-state index contributed by atoms with van der Waals surface area (Å²) in [6, 6.07) is 14.8. The summed E-state index contributed by atoms with van der Waals surface area (Å²) in [7, 11) is 0. The number of hydrogen-bond donors (Lipinski definition) is 1. The van der Waals surface area contributed by atoms with Gasteiger partial charge in [-0.05, 0) is 18.2 Å². The summed E-state index contributed by atoms with van der Waals surface area (Å²) in [6.07, 6.45) is 0. The first-order valence-corrected chi connectivity index (χ1v) is 7.05. The van der Waals surface area contributed by atoms with Gasteiger partial charge in [-0.25, -0.2) is 0 Å². The van der Waals surface area contributed by atoms with Gasteiger partial charge in [0.25, 0.3) is 0 Å². The topological polar surface area (TPSA) is 26.0 Å². The lowest BCUT2D eigenvalue weighted by atomic mass is 10.1. The van der Waals surface area contributed by atoms with E-state index in [-0.39, 0.29) is 0 Å². The SMILES string of the molecule is Nc1ccc2c(c1)sc1sc3ccccc3c12. The zero-order valence-electron chi connectivity index (χ0n) is 8.94. The largest absolute Gasteiger partial charge is 0.399 e. The Morgan fingerprint density at radius 2 is 1.59 bits per heavy atom. The molecule has 0 aliphatic carbocycles. The maximum absolute atomic E-state index is 5.84. The molecule has 2 aromatic heterocycles. The normalized spacial score (nSPS) is 11.8. The van der Waals surface area contributed by atoms with Gasteiger partial charge in [0, 0.05) is 31.2 Å². The summed E-state index contributed by atoms with van der Waals surface area (Å²) in [5.41, 5.74) is 6.68. The molecule has 2 N–H and O–H groups in total. The van der Waals surface area contributed by atoms with E-state index in [1.165, 1.54) is 29.6 Å². The molecular weight excluding hydrogens is 246 g/mol. The monoisotopic (exact) mass is 255 g/mol. The van der Waals surface area contributed by atoms with Gasteiger partial charge in [0.05, 0.1) is 4.01 Å². The van der Waals surface area contributed by atoms with Crippen molar-refractivity contribution in [2.24, 2.45) is 0 Å². The first-order valence-electron chi connectivity index (χ1n) is 5.42. The van der Waals surface area contributed by atoms with E-state index in [2.05, 4.69) is 36.4 Å². The molecule has 0 atom stereocenters. The van der Waals surface area contributed by atoms with Crippen LogP contribution in [0.4, 0.5) is 5.69 Å². The lowest BCUT2D eigenvalue weighted by Gasteiger charge is -1.94. The average molecular weight is 255 g/mol. The number of fused-ring (bicyclic) bond motifs is 5. The van der Waals surface area contributed by atoms with Gasteiger partial charge in [-0.2, -0.15) is 0 Å². The van der Waals surface area contributed by atoms with Gasteiger partial charge in [-0.15, -0.1) is 22.7 Å². The maximum atomic E-state index is 5.84. The first-order chi connectivity index (χ1) is 8.33. The van der Waals surface area contributed by atoms with Crippen LogP contribution in [0.1, 0.15) is 0 Å². The molecule has 2 aromatic carbocycles. The second kappa shape index (κ2) is 3.22. The summed E-state index contributed by atoms with van der Waals surface area (Å²) in [5, 5.41) is 4.09. The summed E-state index contributed by atoms with van der Waals surface area (Å²) in [5.74, 6) is 0. The fourth-order valence-corrected chi connectivity index (χ4v) is 4.93. The Morgan fingerprint density at radius 3 is 2.53 bits per heavy atom. The Labute approximate surface area is 106 Å². The van der Waals surface area contributed by atoms with Gasteiger partial charge >= 0.3 is 0 Å². The smallest absolute Gasteiger partial charge is 0.0890 e. The van der Waals surface area contributed by atoms with Crippen LogP contribution in [0.3, 0.4) is 0 Å². The molecule has 0 aliphatic rings. The van der Waals surface area contributed by atoms with Crippen LogP contribution in [0.5, 0.6) is 0 Å². The van der Waals surface area contributed by atoms with E-state index in [0.29, 0.717) is 0 Å². The van der Waals surface area contributed by atoms with Crippen LogP contribution in [0.15, 0.2) is 42.5 Å². The highest BCUT2D eigenvalue weighted by Crippen LogP contribution is 2.44. The lowest BCUT2D eigenvalue weighted by Crippen LogP contribution is -1.81. The van der Waals surface area contributed by atoms with E-state index in [4.69, 9.17) is 5.73 Å². The summed E-state index contributed by atoms with van der Waals surface area (Å²) in [6.45, 7) is 0. The third-order valence-corrected chi connectivity index (χ3v) is 5.45. The molecule has 0 amide bonds. The predicted molar refractivity (Wildman–Crippen MR) is 79.1 cm³/mol. The Bertz CT molecular complexity index is 854. The quantitative estimate of drug-likeness (QED) is 0.446. The molecule has 0 unspecified atom stereocenters. The van der Waals surface area contributed by atoms with Crippen LogP contribution in [-0.2, 0) is 0 Å². The van der Waals surface area contributed by atoms with Crippen LogP contribution < -0.4 is 5.73 Å². The van der Waals surface area contributed by atoms with Gasteiger partial charge in [0.2, 0.25) is 0 Å². The first kappa shape index (κ1) is 9.45. The second-order valence-electron chi connectivity index (χ2n) is 4.12. The van der Waals surface area contributed by atoms with Gasteiger partial charge in [-0.1, -0.05) is 24.3 Å². The molecule has 0 aliphatic heterocycles. The van der Waals surface area contributed by atoms with Crippen molar-refractivity contribution in [1.29, 1.82) is 0 Å². The Morgan fingerprint density at radius 1 is 0.824 bits per heavy atom. The van der Waals surface area contributed by atoms with Crippen molar-refractivity contribution < 1.29 is 0 Å². The van der Waals surface area contributed by atoms with E-state index < -0.39 is 0 Å². The molecular formula is C14H9NS2. The number of nitrogen functional groups attached to an aromatic ring is 1. The van der Waals surface area contributed by atoms with Crippen LogP contribution in [0, 0.1) is 0 Å². The number of hydrogen-bond acceptors (Lipinski definition) is 3. The fourth-order valence-electron chi connectivity index (χ4n) is 2.28. The zero-order valence-corrected chi connectivity index (χ0v) is 10.6. The third-order valence-electron chi connectivity index (χ3n) is 3.04. The maximum Gasteiger partial charge on any atom is 0.0890 e. The summed E-state index contributed by atoms with van der Waals surface area (Å²) < 4.78 is 4.05. The molecule has 4 aromatic rings. The molecule has 4 rings (SSSR count). The number of benzene rings is 2. The van der Waals surface area contributed by atoms with Crippen molar-refractivity contribution in [3.63, 3.8) is 0 Å². The molecule has 2 heterocycles. The number of rotatable bonds is 0. The second-order valence-corrected chi connectivity index (χ2v) is 6.48. The standard InChI is InChI=1S/C14H9NS2/c15-8-5-6-10-12(7-8)17-14-13(10)9-3-1-2-4-11(9)16-14/h1-7H,15H2. The highest BCUT2D eigenvalue weighted by Gasteiger charge is 2.11. The molecule has 3 heteroatoms. The van der Waals surface area contributed by atoms with Crippen LogP contribution >= 0.6 is 22.7 Å². The van der Waals surface area contributed by atoms with Crippen molar-refractivity contribution >= 4 is 57.9 Å². The third kappa shape index (κ3) is 1.24. The molecule has 82 valence electrons. The number of anilines is 1. The minimum atomic E-state index is 0.843. The van der Waals surface area contributed by atoms with Crippen molar-refractivity contribution in [1.82, 2.24) is 0 Å². The van der Waals surface area contributed by atoms with Crippen LogP contribution in [-0.4, -0.2) is 0 Å². The minimum Gasteiger partial charge on any atom is -0.399 e. The lowest BCUT2D eigenvalue weighted by molar-refractivity contribution is 1.80. The Balaban J connectivity index is 2.31. The number of thiophene rings is 2. The van der Waals surface area contributed by atoms with Crippen molar-refractivity contribution in [3.05, 3.63) is 42.5 Å². The van der Waals surface area contributed by atoms with Crippen molar-refractivity contribution in [3.8, 4) is 0 Å². The van der Waals surface area contributed by atoms with E-state index in [0.717, 1.165) is 5.69 Å². The molecule has 0 bridgehead atoms. The van der Waals surface area contributed by atoms with Gasteiger partial charge in [0.1, 0.15) is 0 Å². The van der Waals surface area contributed by atoms with E-state index in [1.807, 2.05) is 28.7 Å². The van der Waals surface area contributed by atoms with Crippen molar-refractivity contribution in [2.75, 3.05) is 5.73 Å². The molecule has 0 saturated carbocycles. The summed E-state index contributed by atoms with van der Waals surface area (Å²) >= 11 is 3.71. The fraction of sp³-hybridized carbons (Fsp3) is 0. The van der Waals surface area contributed by atoms with Crippen LogP contribution in [0.25, 0.3) is 29.6 Å². The van der Waals surface area contributed by atoms with Crippen LogP contribution in [0.2, 0.25) is 0 Å². The van der Waals surface area contributed by atoms with E-state index in [9.17, 15) is 0 Å². The molecule has 0 saturated heterocycles. The molecule has 0 fully saturated rings. The van der Waals surface area contributed by atoms with Crippen molar-refractivity contribution in [2.45, 2.75) is 0 Å². The molecule has 0 radical (unpaired) electrons. The number of nitrogens with two attached hydrogens (primary N) is 1. The highest BCUT2D eigenvalue weighted by molar-refractivity contribution is 7.44. The molecule has 1 nitrogen and oxygen atoms in total. The van der Waals surface area contributed by atoms with E-state index in [1.54, 1.807) is 0 Å². The predicted octanol–water partition coefficient (Wildman–Crippen LogP) is 4.85. The summed E-state index contributed by atoms with van der Waals surface area (Å²) in [4.78, 5) is 0.